The standard InChI is InChI=1S/2C10H8N2.2C7H5FO2.2Np.4O/c2*1-3-7-11-9(5-1)10-6-2-4-8-12-10;2*8-6-4-2-1-3-5(6)7(9)10;;;;;;/h2*1-8H;2*1-4H,(H,9,10);;;;;;/q;;;;;;4*-2/p-2. The van der Waals surface area contributed by atoms with Gasteiger partial charge in [-0.2, -0.15) is 0 Å². The predicted molar refractivity (Wildman–Crippen MR) is 159 cm³/mol. The van der Waals surface area contributed by atoms with Gasteiger partial charge in [0, 0.05) is 95.8 Å². The van der Waals surface area contributed by atoms with Crippen LogP contribution in [0.2, 0.25) is 0 Å². The third kappa shape index (κ3) is 18.5. The van der Waals surface area contributed by atoms with Gasteiger partial charge in [-0.15, -0.1) is 0 Å². The van der Waals surface area contributed by atoms with E-state index in [0.29, 0.717) is 0 Å². The Hall–Kier alpha value is -4.29. The molecule has 0 spiro atoms. The van der Waals surface area contributed by atoms with Crippen molar-refractivity contribution in [2.45, 2.75) is 0 Å². The van der Waals surface area contributed by atoms with Crippen LogP contribution < -0.4 is 10.2 Å². The number of carboxylic acids is 2. The summed E-state index contributed by atoms with van der Waals surface area (Å²) in [6.07, 6.45) is 7.07. The van der Waals surface area contributed by atoms with Gasteiger partial charge in [-0.3, -0.25) is 19.9 Å². The molecule has 16 heteroatoms. The van der Waals surface area contributed by atoms with Gasteiger partial charge < -0.3 is 41.7 Å². The molecular weight excluding hydrogens is 1100 g/mol. The molecule has 0 aliphatic rings. The van der Waals surface area contributed by atoms with Gasteiger partial charge in [0.15, 0.2) is 0 Å². The molecule has 6 rings (SSSR count). The van der Waals surface area contributed by atoms with Crippen LogP contribution in [0.3, 0.4) is 0 Å². The number of carbonyl (C=O) groups excluding carboxylic acids is 2. The van der Waals surface area contributed by atoms with E-state index in [1.807, 2.05) is 72.8 Å². The zero-order valence-electron chi connectivity index (χ0n) is 25.6. The van der Waals surface area contributed by atoms with Gasteiger partial charge in [-0.1, -0.05) is 60.7 Å². The van der Waals surface area contributed by atoms with Crippen molar-refractivity contribution in [3.63, 3.8) is 0 Å². The molecule has 0 aliphatic heterocycles. The van der Waals surface area contributed by atoms with Crippen molar-refractivity contribution in [3.05, 3.63) is 169 Å². The van der Waals surface area contributed by atoms with E-state index in [2.05, 4.69) is 19.9 Å². The van der Waals surface area contributed by atoms with Crippen LogP contribution in [0, 0.1) is 71.5 Å². The molecule has 0 N–H and O–H groups in total. The van der Waals surface area contributed by atoms with Gasteiger partial charge in [0.2, 0.25) is 0 Å². The average Bonchev–Trinajstić information content (AvgIpc) is 3.07. The molecule has 0 amide bonds. The Labute approximate surface area is 331 Å². The van der Waals surface area contributed by atoms with Crippen LogP contribution in [0.5, 0.6) is 0 Å². The molecule has 0 aliphatic carbocycles. The second-order valence-electron chi connectivity index (χ2n) is 8.39. The molecule has 0 unspecified atom stereocenters. The molecule has 0 saturated heterocycles. The zero-order valence-corrected chi connectivity index (χ0v) is 33.0. The van der Waals surface area contributed by atoms with E-state index in [0.717, 1.165) is 47.0 Å². The van der Waals surface area contributed by atoms with E-state index in [4.69, 9.17) is 0 Å². The molecule has 0 bridgehead atoms. The molecule has 12 nitrogen and oxygen atoms in total. The third-order valence-corrected chi connectivity index (χ3v) is 5.37. The summed E-state index contributed by atoms with van der Waals surface area (Å²) in [5, 5.41) is 20.1. The molecule has 2 aromatic carbocycles. The summed E-state index contributed by atoms with van der Waals surface area (Å²) in [5.74, 6) is -4.50. The Balaban J connectivity index is -0.000000272. The predicted octanol–water partition coefficient (Wildman–Crippen LogP) is 4.19. The van der Waals surface area contributed by atoms with Crippen molar-refractivity contribution in [2.75, 3.05) is 0 Å². The number of aromatic nitrogens is 4. The fourth-order valence-electron chi connectivity index (χ4n) is 3.31. The summed E-state index contributed by atoms with van der Waals surface area (Å²) in [5.41, 5.74) is 2.86. The summed E-state index contributed by atoms with van der Waals surface area (Å²) in [4.78, 5) is 36.9. The Morgan fingerprint density at radius 1 is 0.400 bits per heavy atom. The summed E-state index contributed by atoms with van der Waals surface area (Å²) in [7, 11) is 0. The van der Waals surface area contributed by atoms with E-state index in [9.17, 15) is 28.6 Å². The number of hydrogen-bond acceptors (Lipinski definition) is 8. The van der Waals surface area contributed by atoms with Crippen LogP contribution in [-0.4, -0.2) is 31.9 Å². The first-order chi connectivity index (χ1) is 21.4. The Morgan fingerprint density at radius 3 is 0.780 bits per heavy atom. The van der Waals surface area contributed by atoms with Crippen LogP contribution in [0.15, 0.2) is 146 Å². The maximum absolute atomic E-state index is 12.4. The Bertz CT molecular complexity index is 1550. The fourth-order valence-corrected chi connectivity index (χ4v) is 3.31. The smallest absolute Gasteiger partial charge is 0.132 e. The topological polar surface area (TPSA) is 246 Å². The molecule has 4 heterocycles. The average molecular weight is 1130 g/mol. The van der Waals surface area contributed by atoms with Crippen LogP contribution in [-0.2, 0) is 21.9 Å². The van der Waals surface area contributed by atoms with E-state index in [1.165, 1.54) is 24.3 Å². The summed E-state index contributed by atoms with van der Waals surface area (Å²) in [6, 6.07) is 33.4. The summed E-state index contributed by atoms with van der Waals surface area (Å²) < 4.78 is 24.8. The molecule has 2 radical (unpaired) electrons. The van der Waals surface area contributed by atoms with Crippen molar-refractivity contribution < 1.29 is 110 Å². The number of benzene rings is 2. The zero-order chi connectivity index (χ0) is 31.6. The maximum atomic E-state index is 12.4. The van der Waals surface area contributed by atoms with Gasteiger partial charge in [0.25, 0.3) is 0 Å². The van der Waals surface area contributed by atoms with Crippen LogP contribution in [0.1, 0.15) is 20.7 Å². The minimum atomic E-state index is -1.49. The fraction of sp³-hybridized carbons (Fsp3) is 0. The number of carbonyl (C=O) groups is 2. The number of hydrogen-bond donors (Lipinski definition) is 0. The van der Waals surface area contributed by atoms with Gasteiger partial charge in [0.1, 0.15) is 11.6 Å². The molecule has 0 saturated carbocycles. The second-order valence-corrected chi connectivity index (χ2v) is 8.39. The molecule has 0 fully saturated rings. The van der Waals surface area contributed by atoms with Crippen molar-refractivity contribution in [3.8, 4) is 22.8 Å². The first-order valence-electron chi connectivity index (χ1n) is 12.9. The SMILES string of the molecule is O=C([O-])c1ccccc1F.O=C([O-])c1ccccc1F.[Np].[Np].[O-2].[O-2].[O-2].[O-2].c1ccc(-c2ccccn2)nc1.c1ccc(-c2ccccn2)nc1. The van der Waals surface area contributed by atoms with Gasteiger partial charge in [-0.05, 0) is 60.7 Å². The number of aromatic carboxylic acids is 2. The first kappa shape index (κ1) is 52.5. The molecular formula is C34H24F2N4Np2O8-10. The van der Waals surface area contributed by atoms with Crippen LogP contribution >= 0.6 is 0 Å². The quantitative estimate of drug-likeness (QED) is 0.247. The minimum absolute atomic E-state index is 0. The van der Waals surface area contributed by atoms with Gasteiger partial charge in [0.05, 0.1) is 34.7 Å². The van der Waals surface area contributed by atoms with Gasteiger partial charge in [-0.25, -0.2) is 8.78 Å². The largest absolute Gasteiger partial charge is 2.00 e. The first-order valence-corrected chi connectivity index (χ1v) is 12.9. The molecule has 50 heavy (non-hydrogen) atoms. The van der Waals surface area contributed by atoms with Crippen molar-refractivity contribution >= 4 is 11.9 Å². The number of pyridine rings is 4. The number of halogens is 2. The maximum Gasteiger partial charge on any atom is 0.132 e. The number of rotatable bonds is 4. The van der Waals surface area contributed by atoms with Crippen molar-refractivity contribution in [2.24, 2.45) is 0 Å². The van der Waals surface area contributed by atoms with Crippen molar-refractivity contribution in [1.29, 1.82) is 0 Å². The van der Waals surface area contributed by atoms with E-state index < -0.39 is 34.7 Å². The number of carboxylic acid groups (broad SMARTS) is 2. The van der Waals surface area contributed by atoms with Crippen LogP contribution in [0.25, 0.3) is 22.8 Å². The molecule has 4 aromatic heterocycles. The van der Waals surface area contributed by atoms with Gasteiger partial charge >= 0.3 is 0 Å². The Morgan fingerprint density at radius 2 is 0.620 bits per heavy atom. The monoisotopic (exact) mass is 1130 g/mol. The normalized spacial score (nSPS) is 8.36. The molecule has 0 atom stereocenters. The van der Waals surface area contributed by atoms with E-state index in [1.54, 1.807) is 24.8 Å². The molecule has 262 valence electrons. The minimum Gasteiger partial charge on any atom is -2.00 e. The summed E-state index contributed by atoms with van der Waals surface area (Å²) in [6.45, 7) is 0. The van der Waals surface area contributed by atoms with Crippen LogP contribution in [0.4, 0.5) is 8.78 Å². The Kier molecular flexibility index (Phi) is 31.1. The third-order valence-electron chi connectivity index (χ3n) is 5.37. The second kappa shape index (κ2) is 29.6. The number of nitrogens with zero attached hydrogens (tertiary/aromatic N) is 4. The molecule has 6 aromatic rings. The van der Waals surface area contributed by atoms with Crippen molar-refractivity contribution in [1.82, 2.24) is 19.9 Å². The van der Waals surface area contributed by atoms with E-state index >= 15 is 0 Å². The van der Waals surface area contributed by atoms with E-state index in [-0.39, 0.29) is 81.8 Å². The summed E-state index contributed by atoms with van der Waals surface area (Å²) >= 11 is 0.